The largest absolute Gasteiger partial charge is 0.322 e. The highest BCUT2D eigenvalue weighted by atomic mass is 16.2. The van der Waals surface area contributed by atoms with Crippen LogP contribution in [0.5, 0.6) is 0 Å². The molecule has 0 saturated heterocycles. The fourth-order valence-corrected chi connectivity index (χ4v) is 2.49. The monoisotopic (exact) mass is 304 g/mol. The topological polar surface area (TPSA) is 51.1 Å². The highest BCUT2D eigenvalue weighted by Gasteiger charge is 2.14. The number of para-hydroxylation sites is 1. The number of hydrogen-bond donors (Lipinski definition) is 1. The van der Waals surface area contributed by atoms with Gasteiger partial charge in [0.1, 0.15) is 5.56 Å². The van der Waals surface area contributed by atoms with Crippen molar-refractivity contribution in [1.29, 1.82) is 0 Å². The van der Waals surface area contributed by atoms with E-state index in [0.29, 0.717) is 5.69 Å². The fourth-order valence-electron chi connectivity index (χ4n) is 2.49. The molecule has 0 aliphatic rings. The predicted octanol–water partition coefficient (Wildman–Crippen LogP) is 3.43. The molecule has 0 bridgehead atoms. The van der Waals surface area contributed by atoms with E-state index in [9.17, 15) is 9.59 Å². The van der Waals surface area contributed by atoms with Crippen molar-refractivity contribution in [3.05, 3.63) is 82.7 Å². The zero-order chi connectivity index (χ0) is 16.4. The quantitative estimate of drug-likeness (QED) is 0.806. The maximum atomic E-state index is 12.4. The number of hydrogen-bond acceptors (Lipinski definition) is 2. The molecule has 1 aromatic heterocycles. The number of pyridine rings is 1. The Morgan fingerprint density at radius 2 is 1.83 bits per heavy atom. The van der Waals surface area contributed by atoms with Gasteiger partial charge in [0.2, 0.25) is 0 Å². The Morgan fingerprint density at radius 3 is 2.52 bits per heavy atom. The van der Waals surface area contributed by atoms with Crippen LogP contribution in [0.3, 0.4) is 0 Å². The number of carbonyl (C=O) groups is 1. The lowest BCUT2D eigenvalue weighted by Gasteiger charge is -2.09. The number of nitrogens with zero attached hydrogens (tertiary/aromatic N) is 1. The number of aromatic nitrogens is 1. The van der Waals surface area contributed by atoms with Gasteiger partial charge in [0, 0.05) is 12.7 Å². The highest BCUT2D eigenvalue weighted by Crippen LogP contribution is 2.15. The van der Waals surface area contributed by atoms with E-state index in [1.807, 2.05) is 36.4 Å². The molecule has 0 atom stereocenters. The predicted molar refractivity (Wildman–Crippen MR) is 93.7 cm³/mol. The van der Waals surface area contributed by atoms with Crippen LogP contribution in [0.1, 0.15) is 15.9 Å². The molecule has 0 spiro atoms. The third kappa shape index (κ3) is 2.79. The van der Waals surface area contributed by atoms with Crippen LogP contribution in [-0.4, -0.2) is 10.5 Å². The van der Waals surface area contributed by atoms with Gasteiger partial charge in [-0.2, -0.15) is 0 Å². The van der Waals surface area contributed by atoms with Gasteiger partial charge in [-0.25, -0.2) is 0 Å². The summed E-state index contributed by atoms with van der Waals surface area (Å²) in [6, 6.07) is 16.4. The number of carbonyl (C=O) groups excluding carboxylic acids is 1. The van der Waals surface area contributed by atoms with E-state index in [2.05, 4.69) is 11.9 Å². The molecular formula is C19H16N2O2. The van der Waals surface area contributed by atoms with E-state index in [0.717, 1.165) is 16.5 Å². The summed E-state index contributed by atoms with van der Waals surface area (Å²) in [5, 5.41) is 3.60. The van der Waals surface area contributed by atoms with E-state index < -0.39 is 5.91 Å². The molecule has 0 saturated carbocycles. The van der Waals surface area contributed by atoms with Crippen molar-refractivity contribution in [2.45, 2.75) is 0 Å². The van der Waals surface area contributed by atoms with Crippen LogP contribution in [0, 0.1) is 0 Å². The maximum absolute atomic E-state index is 12.4. The molecule has 23 heavy (non-hydrogen) atoms. The molecule has 1 amide bonds. The fraction of sp³-hybridized carbons (Fsp3) is 0.0526. The molecule has 1 N–H and O–H groups in total. The van der Waals surface area contributed by atoms with Gasteiger partial charge in [0.05, 0.1) is 5.52 Å². The lowest BCUT2D eigenvalue weighted by atomic mass is 10.1. The molecule has 4 nitrogen and oxygen atoms in total. The van der Waals surface area contributed by atoms with Gasteiger partial charge >= 0.3 is 0 Å². The summed E-state index contributed by atoms with van der Waals surface area (Å²) in [5.74, 6) is -0.414. The van der Waals surface area contributed by atoms with Gasteiger partial charge in [-0.3, -0.25) is 9.59 Å². The van der Waals surface area contributed by atoms with Gasteiger partial charge in [-0.15, -0.1) is 0 Å². The van der Waals surface area contributed by atoms with Crippen molar-refractivity contribution < 1.29 is 4.79 Å². The highest BCUT2D eigenvalue weighted by molar-refractivity contribution is 6.05. The number of aryl methyl sites for hydroxylation is 1. The lowest BCUT2D eigenvalue weighted by molar-refractivity contribution is 0.102. The first kappa shape index (κ1) is 14.8. The van der Waals surface area contributed by atoms with Gasteiger partial charge in [0.15, 0.2) is 0 Å². The summed E-state index contributed by atoms with van der Waals surface area (Å²) in [4.78, 5) is 24.8. The van der Waals surface area contributed by atoms with Crippen molar-refractivity contribution in [2.75, 3.05) is 5.32 Å². The minimum atomic E-state index is -0.414. The van der Waals surface area contributed by atoms with Gasteiger partial charge in [-0.05, 0) is 35.2 Å². The van der Waals surface area contributed by atoms with Crippen molar-refractivity contribution >= 4 is 28.6 Å². The second-order valence-corrected chi connectivity index (χ2v) is 5.26. The number of fused-ring (bicyclic) bond motifs is 1. The average molecular weight is 304 g/mol. The Bertz CT molecular complexity index is 953. The SMILES string of the molecule is C=Cc1ccc(NC(=O)c2cc3ccccc3n(C)c2=O)cc1. The smallest absolute Gasteiger partial charge is 0.263 e. The second kappa shape index (κ2) is 5.93. The lowest BCUT2D eigenvalue weighted by Crippen LogP contribution is -2.27. The third-order valence-electron chi connectivity index (χ3n) is 3.78. The van der Waals surface area contributed by atoms with Crippen LogP contribution in [-0.2, 0) is 7.05 Å². The molecule has 0 unspecified atom stereocenters. The van der Waals surface area contributed by atoms with Crippen LogP contribution < -0.4 is 10.9 Å². The number of anilines is 1. The molecule has 0 aliphatic heterocycles. The summed E-state index contributed by atoms with van der Waals surface area (Å²) in [5.41, 5.74) is 2.20. The summed E-state index contributed by atoms with van der Waals surface area (Å²) >= 11 is 0. The molecule has 0 aliphatic carbocycles. The van der Waals surface area contributed by atoms with Crippen molar-refractivity contribution in [3.63, 3.8) is 0 Å². The Morgan fingerprint density at radius 1 is 1.13 bits per heavy atom. The first-order valence-electron chi connectivity index (χ1n) is 7.23. The Labute approximate surface area is 133 Å². The van der Waals surface area contributed by atoms with E-state index in [-0.39, 0.29) is 11.1 Å². The second-order valence-electron chi connectivity index (χ2n) is 5.26. The number of rotatable bonds is 3. The van der Waals surface area contributed by atoms with Crippen LogP contribution in [0.2, 0.25) is 0 Å². The minimum Gasteiger partial charge on any atom is -0.322 e. The van der Waals surface area contributed by atoms with Gasteiger partial charge in [-0.1, -0.05) is 43.0 Å². The zero-order valence-electron chi connectivity index (χ0n) is 12.7. The van der Waals surface area contributed by atoms with Crippen LogP contribution in [0.15, 0.2) is 66.0 Å². The van der Waals surface area contributed by atoms with Gasteiger partial charge < -0.3 is 9.88 Å². The molecule has 3 aromatic rings. The Hall–Kier alpha value is -3.14. The van der Waals surface area contributed by atoms with E-state index in [1.54, 1.807) is 31.3 Å². The third-order valence-corrected chi connectivity index (χ3v) is 3.78. The first-order valence-corrected chi connectivity index (χ1v) is 7.23. The minimum absolute atomic E-state index is 0.124. The van der Waals surface area contributed by atoms with Crippen molar-refractivity contribution in [2.24, 2.45) is 7.05 Å². The maximum Gasteiger partial charge on any atom is 0.263 e. The van der Waals surface area contributed by atoms with Crippen LogP contribution in [0.25, 0.3) is 17.0 Å². The average Bonchev–Trinajstić information content (AvgIpc) is 2.58. The van der Waals surface area contributed by atoms with E-state index >= 15 is 0 Å². The number of amides is 1. The molecule has 1 heterocycles. The van der Waals surface area contributed by atoms with Gasteiger partial charge in [0.25, 0.3) is 11.5 Å². The summed E-state index contributed by atoms with van der Waals surface area (Å²) < 4.78 is 1.49. The zero-order valence-corrected chi connectivity index (χ0v) is 12.7. The van der Waals surface area contributed by atoms with E-state index in [4.69, 9.17) is 0 Å². The first-order chi connectivity index (χ1) is 11.1. The normalized spacial score (nSPS) is 10.5. The van der Waals surface area contributed by atoms with Crippen LogP contribution in [0.4, 0.5) is 5.69 Å². The van der Waals surface area contributed by atoms with Crippen molar-refractivity contribution in [1.82, 2.24) is 4.57 Å². The number of benzene rings is 2. The Balaban J connectivity index is 1.98. The summed E-state index contributed by atoms with van der Waals surface area (Å²) in [6.07, 6.45) is 1.73. The molecular weight excluding hydrogens is 288 g/mol. The van der Waals surface area contributed by atoms with Crippen molar-refractivity contribution in [3.8, 4) is 0 Å². The molecule has 3 rings (SSSR count). The van der Waals surface area contributed by atoms with Crippen LogP contribution >= 0.6 is 0 Å². The molecule has 0 radical (unpaired) electrons. The Kier molecular flexibility index (Phi) is 3.81. The molecule has 0 fully saturated rings. The molecule has 2 aromatic carbocycles. The molecule has 4 heteroatoms. The van der Waals surface area contributed by atoms with E-state index in [1.165, 1.54) is 4.57 Å². The number of nitrogens with one attached hydrogen (secondary N) is 1. The summed E-state index contributed by atoms with van der Waals surface area (Å²) in [7, 11) is 1.67. The standard InChI is InChI=1S/C19H16N2O2/c1-3-13-8-10-15(11-9-13)20-18(22)16-12-14-6-4-5-7-17(14)21(2)19(16)23/h3-12H,1H2,2H3,(H,20,22). The summed E-state index contributed by atoms with van der Waals surface area (Å²) in [6.45, 7) is 3.69. The molecule has 114 valence electrons.